The highest BCUT2D eigenvalue weighted by molar-refractivity contribution is 5.78. The van der Waals surface area contributed by atoms with Crippen molar-refractivity contribution in [1.29, 1.82) is 0 Å². The lowest BCUT2D eigenvalue weighted by atomic mass is 10.1. The molecule has 3 rings (SSSR count). The van der Waals surface area contributed by atoms with Gasteiger partial charge in [0.05, 0.1) is 6.61 Å². The van der Waals surface area contributed by atoms with E-state index in [0.29, 0.717) is 50.6 Å². The van der Waals surface area contributed by atoms with Gasteiger partial charge in [0.2, 0.25) is 5.91 Å². The SMILES string of the molecule is CCOc1ccccc1OCC(=O)NCCCC(=O)N1Cc2ccccc2C1. The zero-order valence-corrected chi connectivity index (χ0v) is 16.1. The summed E-state index contributed by atoms with van der Waals surface area (Å²) in [6.45, 7) is 4.14. The fraction of sp³-hybridized carbons (Fsp3) is 0.364. The van der Waals surface area contributed by atoms with Crippen molar-refractivity contribution >= 4 is 11.8 Å². The standard InChI is InChI=1S/C22H26N2O4/c1-2-27-19-10-5-6-11-20(19)28-16-21(25)23-13-7-12-22(26)24-14-17-8-3-4-9-18(17)15-24/h3-6,8-11H,2,7,12-16H2,1H3,(H,23,25). The second-order valence-electron chi connectivity index (χ2n) is 6.64. The van der Waals surface area contributed by atoms with Crippen LogP contribution in [0.4, 0.5) is 0 Å². The van der Waals surface area contributed by atoms with E-state index in [1.807, 2.05) is 36.1 Å². The van der Waals surface area contributed by atoms with Crippen LogP contribution in [0.15, 0.2) is 48.5 Å². The van der Waals surface area contributed by atoms with Gasteiger partial charge in [-0.15, -0.1) is 0 Å². The molecule has 2 aromatic rings. The van der Waals surface area contributed by atoms with Gasteiger partial charge in [-0.3, -0.25) is 9.59 Å². The molecule has 1 N–H and O–H groups in total. The van der Waals surface area contributed by atoms with Gasteiger partial charge in [-0.05, 0) is 36.6 Å². The summed E-state index contributed by atoms with van der Waals surface area (Å²) in [6, 6.07) is 15.4. The molecule has 1 aliphatic heterocycles. The number of amides is 2. The van der Waals surface area contributed by atoms with E-state index in [4.69, 9.17) is 9.47 Å². The molecule has 0 aliphatic carbocycles. The van der Waals surface area contributed by atoms with Crippen LogP contribution in [-0.4, -0.2) is 36.5 Å². The predicted octanol–water partition coefficient (Wildman–Crippen LogP) is 2.90. The van der Waals surface area contributed by atoms with Crippen molar-refractivity contribution in [2.75, 3.05) is 19.8 Å². The van der Waals surface area contributed by atoms with Gasteiger partial charge in [0.15, 0.2) is 18.1 Å². The van der Waals surface area contributed by atoms with Crippen LogP contribution >= 0.6 is 0 Å². The molecule has 0 saturated carbocycles. The fourth-order valence-electron chi connectivity index (χ4n) is 3.17. The van der Waals surface area contributed by atoms with E-state index in [1.54, 1.807) is 12.1 Å². The average Bonchev–Trinajstić information content (AvgIpc) is 3.15. The highest BCUT2D eigenvalue weighted by atomic mass is 16.5. The van der Waals surface area contributed by atoms with Crippen LogP contribution in [0.1, 0.15) is 30.9 Å². The van der Waals surface area contributed by atoms with E-state index >= 15 is 0 Å². The second kappa shape index (κ2) is 9.78. The zero-order valence-electron chi connectivity index (χ0n) is 16.1. The lowest BCUT2D eigenvalue weighted by Gasteiger charge is -2.15. The number of hydrogen-bond acceptors (Lipinski definition) is 4. The number of fused-ring (bicyclic) bond motifs is 1. The highest BCUT2D eigenvalue weighted by Crippen LogP contribution is 2.26. The van der Waals surface area contributed by atoms with E-state index in [9.17, 15) is 9.59 Å². The maximum absolute atomic E-state index is 12.3. The number of nitrogens with one attached hydrogen (secondary N) is 1. The summed E-state index contributed by atoms with van der Waals surface area (Å²) in [5, 5.41) is 2.79. The predicted molar refractivity (Wildman–Crippen MR) is 106 cm³/mol. The van der Waals surface area contributed by atoms with E-state index in [0.717, 1.165) is 0 Å². The Balaban J connectivity index is 1.33. The third kappa shape index (κ3) is 5.25. The Morgan fingerprint density at radius 3 is 2.21 bits per heavy atom. The third-order valence-corrected chi connectivity index (χ3v) is 4.59. The van der Waals surface area contributed by atoms with E-state index < -0.39 is 0 Å². The van der Waals surface area contributed by atoms with E-state index in [2.05, 4.69) is 17.4 Å². The number of nitrogens with zero attached hydrogens (tertiary/aromatic N) is 1. The maximum Gasteiger partial charge on any atom is 0.257 e. The van der Waals surface area contributed by atoms with Crippen LogP contribution in [0.2, 0.25) is 0 Å². The molecule has 2 aromatic carbocycles. The third-order valence-electron chi connectivity index (χ3n) is 4.59. The van der Waals surface area contributed by atoms with Crippen molar-refractivity contribution in [2.24, 2.45) is 0 Å². The van der Waals surface area contributed by atoms with Crippen molar-refractivity contribution in [1.82, 2.24) is 10.2 Å². The first kappa shape index (κ1) is 19.7. The summed E-state index contributed by atoms with van der Waals surface area (Å²) in [6.07, 6.45) is 1.02. The van der Waals surface area contributed by atoms with Crippen LogP contribution in [0, 0.1) is 0 Å². The Morgan fingerprint density at radius 1 is 0.964 bits per heavy atom. The highest BCUT2D eigenvalue weighted by Gasteiger charge is 2.22. The molecule has 28 heavy (non-hydrogen) atoms. The number of carbonyl (C=O) groups is 2. The van der Waals surface area contributed by atoms with Gasteiger partial charge in [0, 0.05) is 26.1 Å². The Hall–Kier alpha value is -3.02. The molecule has 0 fully saturated rings. The molecule has 0 radical (unpaired) electrons. The van der Waals surface area contributed by atoms with Gasteiger partial charge < -0.3 is 19.7 Å². The molecule has 6 heteroatoms. The number of hydrogen-bond donors (Lipinski definition) is 1. The Bertz CT molecular complexity index is 797. The minimum Gasteiger partial charge on any atom is -0.490 e. The number of para-hydroxylation sites is 2. The van der Waals surface area contributed by atoms with Gasteiger partial charge in [0.1, 0.15) is 0 Å². The van der Waals surface area contributed by atoms with Crippen LogP contribution in [0.25, 0.3) is 0 Å². The van der Waals surface area contributed by atoms with Crippen LogP contribution in [0.3, 0.4) is 0 Å². The molecule has 0 bridgehead atoms. The quantitative estimate of drug-likeness (QED) is 0.677. The molecule has 2 amide bonds. The van der Waals surface area contributed by atoms with Crippen molar-refractivity contribution in [3.05, 3.63) is 59.7 Å². The second-order valence-corrected chi connectivity index (χ2v) is 6.64. The summed E-state index contributed by atoms with van der Waals surface area (Å²) in [5.74, 6) is 1.07. The Morgan fingerprint density at radius 2 is 1.57 bits per heavy atom. The van der Waals surface area contributed by atoms with E-state index in [-0.39, 0.29) is 18.4 Å². The molecule has 6 nitrogen and oxygen atoms in total. The summed E-state index contributed by atoms with van der Waals surface area (Å²) >= 11 is 0. The largest absolute Gasteiger partial charge is 0.490 e. The van der Waals surface area contributed by atoms with Gasteiger partial charge >= 0.3 is 0 Å². The first-order valence-corrected chi connectivity index (χ1v) is 9.63. The van der Waals surface area contributed by atoms with Gasteiger partial charge in [-0.1, -0.05) is 36.4 Å². The molecule has 0 saturated heterocycles. The first-order valence-electron chi connectivity index (χ1n) is 9.63. The molecular weight excluding hydrogens is 356 g/mol. The monoisotopic (exact) mass is 382 g/mol. The maximum atomic E-state index is 12.3. The topological polar surface area (TPSA) is 67.9 Å². The first-order chi connectivity index (χ1) is 13.7. The Labute approximate surface area is 165 Å². The molecule has 0 spiro atoms. The lowest BCUT2D eigenvalue weighted by molar-refractivity contribution is -0.132. The Kier molecular flexibility index (Phi) is 6.89. The molecular formula is C22H26N2O4. The molecule has 1 heterocycles. The smallest absolute Gasteiger partial charge is 0.257 e. The van der Waals surface area contributed by atoms with Gasteiger partial charge in [-0.25, -0.2) is 0 Å². The molecule has 0 atom stereocenters. The van der Waals surface area contributed by atoms with Crippen molar-refractivity contribution < 1.29 is 19.1 Å². The van der Waals surface area contributed by atoms with E-state index in [1.165, 1.54) is 11.1 Å². The minimum atomic E-state index is -0.215. The van der Waals surface area contributed by atoms with Crippen LogP contribution < -0.4 is 14.8 Å². The average molecular weight is 382 g/mol. The lowest BCUT2D eigenvalue weighted by Crippen LogP contribution is -2.31. The summed E-state index contributed by atoms with van der Waals surface area (Å²) < 4.78 is 11.0. The molecule has 0 unspecified atom stereocenters. The summed E-state index contributed by atoms with van der Waals surface area (Å²) in [7, 11) is 0. The molecule has 148 valence electrons. The van der Waals surface area contributed by atoms with Gasteiger partial charge in [0.25, 0.3) is 5.91 Å². The molecule has 1 aliphatic rings. The van der Waals surface area contributed by atoms with Crippen molar-refractivity contribution in [3.63, 3.8) is 0 Å². The van der Waals surface area contributed by atoms with Crippen molar-refractivity contribution in [3.8, 4) is 11.5 Å². The van der Waals surface area contributed by atoms with Crippen LogP contribution in [-0.2, 0) is 22.7 Å². The van der Waals surface area contributed by atoms with Crippen LogP contribution in [0.5, 0.6) is 11.5 Å². The normalized spacial score (nSPS) is 12.4. The summed E-state index contributed by atoms with van der Waals surface area (Å²) in [5.41, 5.74) is 2.43. The molecule has 0 aromatic heterocycles. The number of benzene rings is 2. The number of ether oxygens (including phenoxy) is 2. The summed E-state index contributed by atoms with van der Waals surface area (Å²) in [4.78, 5) is 26.2. The number of rotatable bonds is 9. The zero-order chi connectivity index (χ0) is 19.8. The minimum absolute atomic E-state index is 0.0839. The fourth-order valence-corrected chi connectivity index (χ4v) is 3.17. The van der Waals surface area contributed by atoms with Crippen molar-refractivity contribution in [2.45, 2.75) is 32.9 Å². The number of carbonyl (C=O) groups excluding carboxylic acids is 2. The van der Waals surface area contributed by atoms with Gasteiger partial charge in [-0.2, -0.15) is 0 Å².